The van der Waals surface area contributed by atoms with Gasteiger partial charge in [-0.25, -0.2) is 0 Å². The van der Waals surface area contributed by atoms with Crippen molar-refractivity contribution in [3.05, 3.63) is 0 Å². The number of carbonyl (C=O) groups is 2. The van der Waals surface area contributed by atoms with Gasteiger partial charge in [-0.05, 0) is 52.0 Å². The summed E-state index contributed by atoms with van der Waals surface area (Å²) in [7, 11) is 0. The molecule has 0 aromatic carbocycles. The molecule has 0 radical (unpaired) electrons. The largest absolute Gasteiger partial charge is 0.381 e. The zero-order valence-electron chi connectivity index (χ0n) is 16.3. The normalized spacial score (nSPS) is 25.7. The molecule has 6 heteroatoms. The monoisotopic (exact) mass is 365 g/mol. The Balaban J connectivity index is 1.43. The fourth-order valence-corrected chi connectivity index (χ4v) is 4.68. The van der Waals surface area contributed by atoms with Crippen LogP contribution >= 0.6 is 0 Å². The van der Waals surface area contributed by atoms with Crippen molar-refractivity contribution in [2.75, 3.05) is 52.5 Å². The smallest absolute Gasteiger partial charge is 0.226 e. The molecule has 0 aromatic rings. The van der Waals surface area contributed by atoms with Crippen LogP contribution in [0.15, 0.2) is 0 Å². The Hall–Kier alpha value is -1.14. The molecular formula is C20H35N3O3. The standard InChI is InChI=1S/C20H35N3O3/c1-2-26-15-9-19(24)21-13-7-18(8-14-21)23-12-5-6-17(16-23)20(25)22-10-3-4-11-22/h17-18H,2-16H2,1H3/t17-/m1/s1. The van der Waals surface area contributed by atoms with Crippen LogP contribution in [0.1, 0.15) is 51.9 Å². The summed E-state index contributed by atoms with van der Waals surface area (Å²) in [6.07, 6.45) is 7.05. The Morgan fingerprint density at radius 2 is 1.65 bits per heavy atom. The number of rotatable bonds is 6. The molecule has 3 rings (SSSR count). The van der Waals surface area contributed by atoms with Crippen LogP contribution < -0.4 is 0 Å². The lowest BCUT2D eigenvalue weighted by molar-refractivity contribution is -0.136. The lowest BCUT2D eigenvalue weighted by Crippen LogP contribution is -2.51. The van der Waals surface area contributed by atoms with Gasteiger partial charge in [0.2, 0.25) is 11.8 Å². The number of nitrogens with zero attached hydrogens (tertiary/aromatic N) is 3. The van der Waals surface area contributed by atoms with Gasteiger partial charge >= 0.3 is 0 Å². The zero-order valence-corrected chi connectivity index (χ0v) is 16.3. The van der Waals surface area contributed by atoms with Crippen molar-refractivity contribution in [2.24, 2.45) is 5.92 Å². The lowest BCUT2D eigenvalue weighted by atomic mass is 9.93. The van der Waals surface area contributed by atoms with E-state index in [1.165, 1.54) is 0 Å². The van der Waals surface area contributed by atoms with Crippen LogP contribution in [0.5, 0.6) is 0 Å². The van der Waals surface area contributed by atoms with E-state index < -0.39 is 0 Å². The van der Waals surface area contributed by atoms with Crippen LogP contribution in [-0.4, -0.2) is 85.0 Å². The highest BCUT2D eigenvalue weighted by molar-refractivity contribution is 5.79. The van der Waals surface area contributed by atoms with Crippen molar-refractivity contribution in [1.82, 2.24) is 14.7 Å². The molecule has 3 aliphatic rings. The van der Waals surface area contributed by atoms with Gasteiger partial charge in [0, 0.05) is 45.4 Å². The van der Waals surface area contributed by atoms with Crippen LogP contribution in [0.25, 0.3) is 0 Å². The van der Waals surface area contributed by atoms with E-state index in [1.54, 1.807) is 0 Å². The summed E-state index contributed by atoms with van der Waals surface area (Å²) < 4.78 is 5.30. The van der Waals surface area contributed by atoms with E-state index in [0.717, 1.165) is 77.8 Å². The fourth-order valence-electron chi connectivity index (χ4n) is 4.68. The molecule has 0 bridgehead atoms. The lowest BCUT2D eigenvalue weighted by Gasteiger charge is -2.42. The van der Waals surface area contributed by atoms with Crippen molar-refractivity contribution < 1.29 is 14.3 Å². The number of hydrogen-bond donors (Lipinski definition) is 0. The molecule has 2 amide bonds. The Morgan fingerprint density at radius 3 is 2.35 bits per heavy atom. The first kappa shape index (κ1) is 19.6. The molecule has 1 atom stereocenters. The third-order valence-corrected chi connectivity index (χ3v) is 6.22. The molecule has 3 fully saturated rings. The number of likely N-dealkylation sites (tertiary alicyclic amines) is 3. The topological polar surface area (TPSA) is 53.1 Å². The molecule has 3 aliphatic heterocycles. The van der Waals surface area contributed by atoms with Crippen LogP contribution in [0.3, 0.4) is 0 Å². The van der Waals surface area contributed by atoms with E-state index in [9.17, 15) is 9.59 Å². The van der Waals surface area contributed by atoms with Gasteiger partial charge < -0.3 is 14.5 Å². The first-order chi connectivity index (χ1) is 12.7. The van der Waals surface area contributed by atoms with E-state index in [0.29, 0.717) is 31.6 Å². The molecule has 148 valence electrons. The van der Waals surface area contributed by atoms with Crippen molar-refractivity contribution in [2.45, 2.75) is 57.9 Å². The van der Waals surface area contributed by atoms with Crippen LogP contribution in [-0.2, 0) is 14.3 Å². The minimum absolute atomic E-state index is 0.188. The van der Waals surface area contributed by atoms with Gasteiger partial charge in [0.15, 0.2) is 0 Å². The number of piperidine rings is 2. The molecule has 0 aliphatic carbocycles. The molecule has 0 aromatic heterocycles. The third-order valence-electron chi connectivity index (χ3n) is 6.22. The Morgan fingerprint density at radius 1 is 0.923 bits per heavy atom. The van der Waals surface area contributed by atoms with Gasteiger partial charge in [0.05, 0.1) is 18.9 Å². The van der Waals surface area contributed by atoms with Crippen molar-refractivity contribution in [3.63, 3.8) is 0 Å². The van der Waals surface area contributed by atoms with E-state index in [1.807, 2.05) is 11.8 Å². The molecule has 3 saturated heterocycles. The van der Waals surface area contributed by atoms with E-state index in [2.05, 4.69) is 9.80 Å². The van der Waals surface area contributed by atoms with Crippen molar-refractivity contribution in [1.29, 1.82) is 0 Å². The minimum Gasteiger partial charge on any atom is -0.381 e. The maximum Gasteiger partial charge on any atom is 0.226 e. The van der Waals surface area contributed by atoms with Gasteiger partial charge in [-0.1, -0.05) is 0 Å². The molecule has 26 heavy (non-hydrogen) atoms. The second-order valence-corrected chi connectivity index (χ2v) is 7.93. The average molecular weight is 366 g/mol. The van der Waals surface area contributed by atoms with Crippen LogP contribution in [0.4, 0.5) is 0 Å². The summed E-state index contributed by atoms with van der Waals surface area (Å²) >= 11 is 0. The fraction of sp³-hybridized carbons (Fsp3) is 0.900. The highest BCUT2D eigenvalue weighted by Gasteiger charge is 2.34. The van der Waals surface area contributed by atoms with Gasteiger partial charge in [0.25, 0.3) is 0 Å². The summed E-state index contributed by atoms with van der Waals surface area (Å²) in [5, 5.41) is 0. The summed E-state index contributed by atoms with van der Waals surface area (Å²) in [5.74, 6) is 0.793. The first-order valence-electron chi connectivity index (χ1n) is 10.6. The predicted octanol–water partition coefficient (Wildman–Crippen LogP) is 1.74. The van der Waals surface area contributed by atoms with Gasteiger partial charge in [-0.3, -0.25) is 14.5 Å². The summed E-state index contributed by atoms with van der Waals surface area (Å²) in [4.78, 5) is 31.6. The maximum absolute atomic E-state index is 12.7. The second kappa shape index (κ2) is 9.70. The maximum atomic E-state index is 12.7. The molecular weight excluding hydrogens is 330 g/mol. The SMILES string of the molecule is CCOCCC(=O)N1CCC(N2CCC[C@@H](C(=O)N3CCCC3)C2)CC1. The Bertz CT molecular complexity index is 471. The number of carbonyl (C=O) groups excluding carboxylic acids is 2. The minimum atomic E-state index is 0.188. The van der Waals surface area contributed by atoms with E-state index >= 15 is 0 Å². The molecule has 0 spiro atoms. The van der Waals surface area contributed by atoms with Crippen LogP contribution in [0, 0.1) is 5.92 Å². The summed E-state index contributed by atoms with van der Waals surface area (Å²) in [6.45, 7) is 8.77. The number of ether oxygens (including phenoxy) is 1. The van der Waals surface area contributed by atoms with Crippen molar-refractivity contribution >= 4 is 11.8 Å². The summed E-state index contributed by atoms with van der Waals surface area (Å²) in [6, 6.07) is 0.528. The molecule has 0 N–H and O–H groups in total. The first-order valence-corrected chi connectivity index (χ1v) is 10.6. The van der Waals surface area contributed by atoms with E-state index in [-0.39, 0.29) is 11.8 Å². The van der Waals surface area contributed by atoms with Crippen LogP contribution in [0.2, 0.25) is 0 Å². The third kappa shape index (κ3) is 4.97. The Kier molecular flexibility index (Phi) is 7.32. The number of hydrogen-bond acceptors (Lipinski definition) is 4. The average Bonchev–Trinajstić information content (AvgIpc) is 3.22. The highest BCUT2D eigenvalue weighted by atomic mass is 16.5. The molecule has 0 unspecified atom stereocenters. The number of amides is 2. The quantitative estimate of drug-likeness (QED) is 0.673. The van der Waals surface area contributed by atoms with Gasteiger partial charge in [-0.15, -0.1) is 0 Å². The summed E-state index contributed by atoms with van der Waals surface area (Å²) in [5.41, 5.74) is 0. The zero-order chi connectivity index (χ0) is 18.4. The molecule has 6 nitrogen and oxygen atoms in total. The van der Waals surface area contributed by atoms with Gasteiger partial charge in [-0.2, -0.15) is 0 Å². The van der Waals surface area contributed by atoms with E-state index in [4.69, 9.17) is 4.74 Å². The van der Waals surface area contributed by atoms with Gasteiger partial charge in [0.1, 0.15) is 0 Å². The Labute approximate surface area is 157 Å². The molecule has 3 heterocycles. The predicted molar refractivity (Wildman–Crippen MR) is 101 cm³/mol. The van der Waals surface area contributed by atoms with Crippen molar-refractivity contribution in [3.8, 4) is 0 Å². The highest BCUT2D eigenvalue weighted by Crippen LogP contribution is 2.26. The second-order valence-electron chi connectivity index (χ2n) is 7.93. The molecule has 0 saturated carbocycles.